The first kappa shape index (κ1) is 20.5. The number of sulfonamides is 1. The molecular weight excluding hydrogens is 342 g/mol. The van der Waals surface area contributed by atoms with Gasteiger partial charge in [0.15, 0.2) is 0 Å². The van der Waals surface area contributed by atoms with Crippen LogP contribution in [-0.4, -0.2) is 8.42 Å². The number of aryl methyl sites for hydroxylation is 1. The van der Waals surface area contributed by atoms with Gasteiger partial charge in [0.25, 0.3) is 10.0 Å². The number of hydrogen-bond donors (Lipinski definition) is 1. The average molecular weight is 374 g/mol. The van der Waals surface area contributed by atoms with Crippen LogP contribution < -0.4 is 4.72 Å². The monoisotopic (exact) mass is 373 g/mol. The molecule has 0 bridgehead atoms. The number of anilines is 1. The van der Waals surface area contributed by atoms with Gasteiger partial charge in [-0.2, -0.15) is 0 Å². The fourth-order valence-electron chi connectivity index (χ4n) is 3.08. The Morgan fingerprint density at radius 3 is 1.73 bits per heavy atom. The van der Waals surface area contributed by atoms with Gasteiger partial charge in [-0.05, 0) is 53.0 Å². The highest BCUT2D eigenvalue weighted by Gasteiger charge is 2.27. The van der Waals surface area contributed by atoms with Crippen molar-refractivity contribution in [1.29, 1.82) is 0 Å². The van der Waals surface area contributed by atoms with E-state index in [1.54, 1.807) is 6.07 Å². The minimum Gasteiger partial charge on any atom is -0.279 e. The molecule has 0 saturated carbocycles. The maximum atomic E-state index is 13.4. The van der Waals surface area contributed by atoms with Gasteiger partial charge in [-0.3, -0.25) is 4.72 Å². The van der Waals surface area contributed by atoms with Crippen LogP contribution >= 0.6 is 0 Å². The third kappa shape index (κ3) is 4.29. The second kappa shape index (κ2) is 7.83. The van der Waals surface area contributed by atoms with E-state index in [1.807, 2.05) is 25.1 Å². The van der Waals surface area contributed by atoms with E-state index in [4.69, 9.17) is 0 Å². The van der Waals surface area contributed by atoms with Crippen LogP contribution in [0.2, 0.25) is 0 Å². The summed E-state index contributed by atoms with van der Waals surface area (Å²) in [7, 11) is -3.68. The minimum atomic E-state index is -3.68. The lowest BCUT2D eigenvalue weighted by Gasteiger charge is -2.23. The summed E-state index contributed by atoms with van der Waals surface area (Å²) in [5, 5.41) is 0. The zero-order chi connectivity index (χ0) is 19.6. The lowest BCUT2D eigenvalue weighted by atomic mass is 9.89. The molecule has 0 heterocycles. The first-order valence-electron chi connectivity index (χ1n) is 9.30. The molecule has 0 radical (unpaired) electrons. The molecule has 4 heteroatoms. The lowest BCUT2D eigenvalue weighted by Crippen LogP contribution is -2.19. The molecule has 0 spiro atoms. The van der Waals surface area contributed by atoms with Crippen molar-refractivity contribution in [2.45, 2.75) is 71.1 Å². The van der Waals surface area contributed by atoms with Gasteiger partial charge >= 0.3 is 0 Å². The number of hydrogen-bond acceptors (Lipinski definition) is 2. The predicted molar refractivity (Wildman–Crippen MR) is 111 cm³/mol. The summed E-state index contributed by atoms with van der Waals surface area (Å²) in [6, 6.07) is 11.6. The van der Waals surface area contributed by atoms with Crippen molar-refractivity contribution in [1.82, 2.24) is 0 Å². The molecule has 3 nitrogen and oxygen atoms in total. The molecule has 2 rings (SSSR count). The summed E-state index contributed by atoms with van der Waals surface area (Å²) < 4.78 is 29.6. The molecule has 0 unspecified atom stereocenters. The summed E-state index contributed by atoms with van der Waals surface area (Å²) in [5.74, 6) is 0.593. The van der Waals surface area contributed by atoms with E-state index < -0.39 is 10.0 Å². The van der Waals surface area contributed by atoms with Crippen molar-refractivity contribution in [3.63, 3.8) is 0 Å². The highest BCUT2D eigenvalue weighted by molar-refractivity contribution is 7.92. The van der Waals surface area contributed by atoms with E-state index in [0.29, 0.717) is 16.5 Å². The zero-order valence-corrected chi connectivity index (χ0v) is 17.7. The zero-order valence-electron chi connectivity index (χ0n) is 16.9. The van der Waals surface area contributed by atoms with Gasteiger partial charge in [-0.15, -0.1) is 0 Å². The number of nitrogens with one attached hydrogen (secondary N) is 1. The summed E-state index contributed by atoms with van der Waals surface area (Å²) >= 11 is 0. The fourth-order valence-corrected chi connectivity index (χ4v) is 4.91. The number of rotatable bonds is 6. The Bertz CT molecular complexity index is 852. The Balaban J connectivity index is 2.71. The van der Waals surface area contributed by atoms with Gasteiger partial charge in [0.1, 0.15) is 0 Å². The van der Waals surface area contributed by atoms with Crippen LogP contribution in [0.5, 0.6) is 0 Å². The molecule has 1 N–H and O–H groups in total. The van der Waals surface area contributed by atoms with Gasteiger partial charge in [0, 0.05) is 0 Å². The van der Waals surface area contributed by atoms with Gasteiger partial charge in [0.2, 0.25) is 0 Å². The van der Waals surface area contributed by atoms with Crippen LogP contribution in [0.1, 0.15) is 81.5 Å². The summed E-state index contributed by atoms with van der Waals surface area (Å²) in [5.41, 5.74) is 4.51. The van der Waals surface area contributed by atoms with Crippen LogP contribution in [0, 0.1) is 6.92 Å². The summed E-state index contributed by atoms with van der Waals surface area (Å²) in [4.78, 5) is 0.440. The second-order valence-corrected chi connectivity index (χ2v) is 9.53. The van der Waals surface area contributed by atoms with E-state index in [1.165, 1.54) is 5.56 Å². The van der Waals surface area contributed by atoms with Crippen LogP contribution in [0.25, 0.3) is 0 Å². The van der Waals surface area contributed by atoms with Crippen molar-refractivity contribution >= 4 is 15.7 Å². The van der Waals surface area contributed by atoms with Crippen LogP contribution in [-0.2, 0) is 10.0 Å². The molecule has 142 valence electrons. The van der Waals surface area contributed by atoms with E-state index in [0.717, 1.165) is 16.7 Å². The van der Waals surface area contributed by atoms with Crippen molar-refractivity contribution in [2.24, 2.45) is 0 Å². The minimum absolute atomic E-state index is 0.120. The van der Waals surface area contributed by atoms with Crippen molar-refractivity contribution in [3.8, 4) is 0 Å². The second-order valence-electron chi connectivity index (χ2n) is 7.91. The summed E-state index contributed by atoms with van der Waals surface area (Å²) in [6.45, 7) is 14.4. The lowest BCUT2D eigenvalue weighted by molar-refractivity contribution is 0.595. The molecule has 0 saturated heterocycles. The largest absolute Gasteiger partial charge is 0.279 e. The molecule has 0 aromatic heterocycles. The Hall–Kier alpha value is -1.81. The highest BCUT2D eigenvalue weighted by atomic mass is 32.2. The van der Waals surface area contributed by atoms with E-state index in [9.17, 15) is 8.42 Å². The average Bonchev–Trinajstić information content (AvgIpc) is 2.55. The first-order valence-corrected chi connectivity index (χ1v) is 10.8. The van der Waals surface area contributed by atoms with E-state index in [2.05, 4.69) is 58.4 Å². The van der Waals surface area contributed by atoms with Gasteiger partial charge < -0.3 is 0 Å². The molecule has 2 aromatic rings. The first-order chi connectivity index (χ1) is 12.0. The van der Waals surface area contributed by atoms with Gasteiger partial charge in [-0.25, -0.2) is 8.42 Å². The molecule has 0 aliphatic carbocycles. The Labute approximate surface area is 158 Å². The third-order valence-electron chi connectivity index (χ3n) is 4.74. The van der Waals surface area contributed by atoms with Gasteiger partial charge in [-0.1, -0.05) is 71.9 Å². The van der Waals surface area contributed by atoms with Crippen LogP contribution in [0.4, 0.5) is 5.69 Å². The fraction of sp³-hybridized carbons (Fsp3) is 0.455. The summed E-state index contributed by atoms with van der Waals surface area (Å²) in [6.07, 6.45) is 0. The maximum absolute atomic E-state index is 13.4. The maximum Gasteiger partial charge on any atom is 0.262 e. The molecule has 0 amide bonds. The van der Waals surface area contributed by atoms with Crippen molar-refractivity contribution < 1.29 is 8.42 Å². The Morgan fingerprint density at radius 2 is 1.31 bits per heavy atom. The Kier molecular flexibility index (Phi) is 6.17. The van der Waals surface area contributed by atoms with Gasteiger partial charge in [0.05, 0.1) is 10.6 Å². The molecule has 0 aliphatic heterocycles. The molecule has 2 aromatic carbocycles. The SMILES string of the molecule is Cc1ccccc1NS(=O)(=O)c1c(C(C)C)cc(C(C)C)cc1C(C)C. The smallest absolute Gasteiger partial charge is 0.262 e. The quantitative estimate of drug-likeness (QED) is 0.658. The molecular formula is C22H31NO2S. The van der Waals surface area contributed by atoms with Crippen molar-refractivity contribution in [2.75, 3.05) is 4.72 Å². The highest BCUT2D eigenvalue weighted by Crippen LogP contribution is 2.36. The van der Waals surface area contributed by atoms with Crippen LogP contribution in [0.15, 0.2) is 41.3 Å². The normalized spacial score (nSPS) is 12.2. The third-order valence-corrected chi connectivity index (χ3v) is 6.24. The molecule has 0 atom stereocenters. The van der Waals surface area contributed by atoms with E-state index in [-0.39, 0.29) is 11.8 Å². The number of para-hydroxylation sites is 1. The van der Waals surface area contributed by atoms with E-state index >= 15 is 0 Å². The molecule has 0 fully saturated rings. The standard InChI is InChI=1S/C22H31NO2S/c1-14(2)18-12-19(15(3)4)22(20(13-18)16(5)6)26(24,25)23-21-11-9-8-10-17(21)7/h8-16,23H,1-7H3. The van der Waals surface area contributed by atoms with Crippen LogP contribution in [0.3, 0.4) is 0 Å². The number of benzene rings is 2. The van der Waals surface area contributed by atoms with Crippen molar-refractivity contribution in [3.05, 3.63) is 58.7 Å². The topological polar surface area (TPSA) is 46.2 Å². The molecule has 0 aliphatic rings. The molecule has 26 heavy (non-hydrogen) atoms. The Morgan fingerprint density at radius 1 is 0.808 bits per heavy atom. The predicted octanol–water partition coefficient (Wildman–Crippen LogP) is 6.17.